The Kier molecular flexibility index (Phi) is 3.27. The number of ether oxygens (including phenoxy) is 1. The summed E-state index contributed by atoms with van der Waals surface area (Å²) in [4.78, 5) is 19.3. The number of carbonyl (C=O) groups excluding carboxylic acids is 1. The lowest BCUT2D eigenvalue weighted by atomic mass is 10.1. The zero-order valence-electron chi connectivity index (χ0n) is 10.2. The van der Waals surface area contributed by atoms with Crippen LogP contribution in [0.25, 0.3) is 4.85 Å². The van der Waals surface area contributed by atoms with Gasteiger partial charge in [-0.15, -0.1) is 0 Å². The molecule has 94 valence electrons. The summed E-state index contributed by atoms with van der Waals surface area (Å²) >= 11 is 6.03. The summed E-state index contributed by atoms with van der Waals surface area (Å²) < 4.78 is 5.04. The van der Waals surface area contributed by atoms with Gasteiger partial charge in [-0.1, -0.05) is 11.6 Å². The second-order valence-corrected chi connectivity index (χ2v) is 5.06. The Balaban J connectivity index is 2.26. The highest BCUT2D eigenvalue weighted by molar-refractivity contribution is 6.33. The van der Waals surface area contributed by atoms with Crippen LogP contribution in [0, 0.1) is 6.57 Å². The van der Waals surface area contributed by atoms with Gasteiger partial charge in [-0.05, 0) is 19.9 Å². The molecule has 0 N–H and O–H groups in total. The topological polar surface area (TPSA) is 43.5 Å². The first kappa shape index (κ1) is 12.8. The van der Waals surface area contributed by atoms with Gasteiger partial charge in [0.15, 0.2) is 5.69 Å². The minimum absolute atomic E-state index is 0.106. The van der Waals surface area contributed by atoms with E-state index in [1.54, 1.807) is 26.1 Å². The van der Waals surface area contributed by atoms with Crippen LogP contribution in [0.1, 0.15) is 42.7 Å². The highest BCUT2D eigenvalue weighted by Gasteiger charge is 2.53. The van der Waals surface area contributed by atoms with Crippen LogP contribution in [-0.4, -0.2) is 17.1 Å². The number of aromatic nitrogens is 1. The Morgan fingerprint density at radius 1 is 1.61 bits per heavy atom. The number of halogens is 1. The first-order chi connectivity index (χ1) is 8.48. The summed E-state index contributed by atoms with van der Waals surface area (Å²) in [5.74, 6) is -0.533. The minimum atomic E-state index is -0.533. The molecule has 0 amide bonds. The monoisotopic (exact) mass is 264 g/mol. The average Bonchev–Trinajstić information content (AvgIpc) is 3.08. The predicted octanol–water partition coefficient (Wildman–Crippen LogP) is 3.21. The van der Waals surface area contributed by atoms with Crippen molar-refractivity contribution >= 4 is 17.6 Å². The molecule has 1 fully saturated rings. The van der Waals surface area contributed by atoms with Crippen LogP contribution in [0.2, 0.25) is 5.02 Å². The van der Waals surface area contributed by atoms with E-state index in [1.165, 1.54) is 0 Å². The fourth-order valence-electron chi connectivity index (χ4n) is 1.70. The molecule has 1 aromatic heterocycles. The van der Waals surface area contributed by atoms with Crippen molar-refractivity contribution in [1.29, 1.82) is 0 Å². The van der Waals surface area contributed by atoms with E-state index in [4.69, 9.17) is 22.9 Å². The van der Waals surface area contributed by atoms with Crippen molar-refractivity contribution in [3.8, 4) is 0 Å². The van der Waals surface area contributed by atoms with Crippen molar-refractivity contribution < 1.29 is 9.53 Å². The largest absolute Gasteiger partial charge is 0.458 e. The van der Waals surface area contributed by atoms with Crippen LogP contribution in [-0.2, 0) is 10.3 Å². The zero-order valence-corrected chi connectivity index (χ0v) is 11.0. The smallest absolute Gasteiger partial charge is 0.358 e. The molecule has 0 atom stereocenters. The first-order valence-electron chi connectivity index (χ1n) is 5.74. The second-order valence-electron chi connectivity index (χ2n) is 4.65. The molecule has 0 bridgehead atoms. The summed E-state index contributed by atoms with van der Waals surface area (Å²) in [6.45, 7) is 10.7. The first-order valence-corrected chi connectivity index (χ1v) is 6.12. The maximum Gasteiger partial charge on any atom is 0.358 e. The van der Waals surface area contributed by atoms with E-state index in [2.05, 4.69) is 9.83 Å². The van der Waals surface area contributed by atoms with E-state index < -0.39 is 11.5 Å². The number of rotatable bonds is 3. The fraction of sp³-hybridized carbons (Fsp3) is 0.462. The molecule has 0 aliphatic heterocycles. The van der Waals surface area contributed by atoms with Crippen LogP contribution < -0.4 is 0 Å². The van der Waals surface area contributed by atoms with Gasteiger partial charge in [0.2, 0.25) is 0 Å². The Hall–Kier alpha value is -1.60. The molecule has 1 saturated carbocycles. The average molecular weight is 265 g/mol. The minimum Gasteiger partial charge on any atom is -0.458 e. The highest BCUT2D eigenvalue weighted by Crippen LogP contribution is 2.49. The fourth-order valence-corrected chi connectivity index (χ4v) is 1.94. The molecule has 1 aliphatic carbocycles. The molecule has 4 nitrogen and oxygen atoms in total. The quantitative estimate of drug-likeness (QED) is 0.622. The number of hydrogen-bond donors (Lipinski definition) is 0. The molecule has 0 aromatic carbocycles. The van der Waals surface area contributed by atoms with Crippen molar-refractivity contribution in [3.63, 3.8) is 0 Å². The molecule has 2 rings (SSSR count). The predicted molar refractivity (Wildman–Crippen MR) is 67.3 cm³/mol. The van der Waals surface area contributed by atoms with E-state index in [0.29, 0.717) is 0 Å². The van der Waals surface area contributed by atoms with Crippen molar-refractivity contribution in [2.24, 2.45) is 0 Å². The Morgan fingerprint density at radius 2 is 2.28 bits per heavy atom. The van der Waals surface area contributed by atoms with Crippen LogP contribution >= 0.6 is 11.6 Å². The van der Waals surface area contributed by atoms with E-state index in [0.717, 1.165) is 18.4 Å². The van der Waals surface area contributed by atoms with Gasteiger partial charge in [0, 0.05) is 19.0 Å². The van der Waals surface area contributed by atoms with Crippen LogP contribution in [0.5, 0.6) is 0 Å². The van der Waals surface area contributed by atoms with Gasteiger partial charge in [-0.2, -0.15) is 0 Å². The molecule has 1 heterocycles. The molecule has 1 aliphatic rings. The van der Waals surface area contributed by atoms with E-state index in [-0.39, 0.29) is 16.8 Å². The number of nitrogens with zero attached hydrogens (tertiary/aromatic N) is 2. The number of carbonyl (C=O) groups is 1. The highest BCUT2D eigenvalue weighted by atomic mass is 35.5. The Bertz CT molecular complexity index is 530. The SMILES string of the molecule is [C-]#[N+]C1(c2cnc(C(=O)OC(C)C)c(Cl)c2)CC1. The molecule has 0 saturated heterocycles. The number of hydrogen-bond acceptors (Lipinski definition) is 3. The maximum absolute atomic E-state index is 11.7. The number of esters is 1. The number of pyridine rings is 1. The van der Waals surface area contributed by atoms with Crippen LogP contribution in [0.4, 0.5) is 0 Å². The maximum atomic E-state index is 11.7. The Labute approximate surface area is 111 Å². The molecular weight excluding hydrogens is 252 g/mol. The molecular formula is C13H13ClN2O2. The van der Waals surface area contributed by atoms with Gasteiger partial charge >= 0.3 is 5.97 Å². The lowest BCUT2D eigenvalue weighted by molar-refractivity contribution is 0.0371. The summed E-state index contributed by atoms with van der Waals surface area (Å²) in [6.07, 6.45) is 2.98. The summed E-state index contributed by atoms with van der Waals surface area (Å²) in [5, 5.41) is 0.244. The molecule has 18 heavy (non-hydrogen) atoms. The van der Waals surface area contributed by atoms with Crippen molar-refractivity contribution in [2.45, 2.75) is 38.3 Å². The van der Waals surface area contributed by atoms with E-state index in [1.807, 2.05) is 0 Å². The standard InChI is InChI=1S/C13H13ClN2O2/c1-8(2)18-12(17)11-10(14)6-9(7-16-11)13(15-3)4-5-13/h6-8H,4-5H2,1-2H3. The van der Waals surface area contributed by atoms with Gasteiger partial charge in [0.1, 0.15) is 0 Å². The van der Waals surface area contributed by atoms with E-state index in [9.17, 15) is 4.79 Å². The molecule has 0 unspecified atom stereocenters. The normalized spacial score (nSPS) is 16.2. The summed E-state index contributed by atoms with van der Waals surface area (Å²) in [5.41, 5.74) is 0.426. The van der Waals surface area contributed by atoms with Gasteiger partial charge in [0.05, 0.1) is 16.7 Å². The third kappa shape index (κ3) is 2.32. The third-order valence-corrected chi connectivity index (χ3v) is 3.14. The lowest BCUT2D eigenvalue weighted by Crippen LogP contribution is -2.14. The molecule has 0 radical (unpaired) electrons. The third-order valence-electron chi connectivity index (χ3n) is 2.85. The molecule has 5 heteroatoms. The second kappa shape index (κ2) is 4.58. The van der Waals surface area contributed by atoms with Crippen LogP contribution in [0.3, 0.4) is 0 Å². The Morgan fingerprint density at radius 3 is 2.72 bits per heavy atom. The zero-order chi connectivity index (χ0) is 13.3. The van der Waals surface area contributed by atoms with Gasteiger partial charge in [0.25, 0.3) is 5.54 Å². The van der Waals surface area contributed by atoms with Crippen LogP contribution in [0.15, 0.2) is 12.3 Å². The van der Waals surface area contributed by atoms with E-state index >= 15 is 0 Å². The van der Waals surface area contributed by atoms with Gasteiger partial charge in [-0.25, -0.2) is 16.4 Å². The van der Waals surface area contributed by atoms with Crippen molar-refractivity contribution in [2.75, 3.05) is 0 Å². The van der Waals surface area contributed by atoms with Gasteiger partial charge in [-0.3, -0.25) is 0 Å². The summed E-state index contributed by atoms with van der Waals surface area (Å²) in [7, 11) is 0. The summed E-state index contributed by atoms with van der Waals surface area (Å²) in [6, 6.07) is 1.65. The van der Waals surface area contributed by atoms with Crippen molar-refractivity contribution in [1.82, 2.24) is 4.98 Å². The lowest BCUT2D eigenvalue weighted by Gasteiger charge is -2.09. The van der Waals surface area contributed by atoms with Crippen molar-refractivity contribution in [3.05, 3.63) is 40.0 Å². The van der Waals surface area contributed by atoms with Gasteiger partial charge < -0.3 is 9.58 Å². The molecule has 0 spiro atoms. The molecule has 1 aromatic rings.